The van der Waals surface area contributed by atoms with E-state index in [0.29, 0.717) is 0 Å². The van der Waals surface area contributed by atoms with Crippen LogP contribution < -0.4 is 0 Å². The van der Waals surface area contributed by atoms with Gasteiger partial charge in [0.1, 0.15) is 0 Å². The zero-order chi connectivity index (χ0) is 2.00. The molecule has 0 aromatic rings. The Morgan fingerprint density at radius 1 is 1.25 bits per heavy atom. The van der Waals surface area contributed by atoms with E-state index in [2.05, 4.69) is 6.92 Å². The van der Waals surface area contributed by atoms with Crippen LogP contribution in [0.5, 0.6) is 0 Å². The topological polar surface area (TPSA) is 0 Å². The van der Waals surface area contributed by atoms with Crippen molar-refractivity contribution in [1.29, 1.82) is 0 Å². The van der Waals surface area contributed by atoms with Crippen molar-refractivity contribution in [3.8, 4) is 0 Å². The van der Waals surface area contributed by atoms with Crippen LogP contribution in [0.25, 0.3) is 0 Å². The van der Waals surface area contributed by atoms with Gasteiger partial charge < -0.3 is 14.4 Å². The quantitative estimate of drug-likeness (QED) is 0.592. The third kappa shape index (κ3) is 0. The fraction of sp³-hybridized carbons (Fsp3) is 0.333. The van der Waals surface area contributed by atoms with E-state index in [4.69, 9.17) is 0 Å². The normalized spacial score (nSPS) is 1.50. The van der Waals surface area contributed by atoms with Gasteiger partial charge in [-0.1, -0.05) is 0 Å². The van der Waals surface area contributed by atoms with Crippen molar-refractivity contribution in [3.63, 3.8) is 0 Å². The predicted molar refractivity (Wildman–Crippen MR) is 17.4 cm³/mol. The minimum absolute atomic E-state index is 0. The molecule has 0 saturated heterocycles. The first-order valence-corrected chi connectivity index (χ1v) is 0.707. The average Bonchev–Trinajstić information content (AvgIpc) is 1.00. The minimum Gasteiger partial charge on any atom is -0.358 e. The van der Waals surface area contributed by atoms with Gasteiger partial charge in [0, 0.05) is 0 Å². The van der Waals surface area contributed by atoms with Gasteiger partial charge >= 0.3 is 0 Å². The Balaban J connectivity index is -0.00000000500. The molecule has 0 rings (SSSR count). The Labute approximate surface area is 22.5 Å². The van der Waals surface area contributed by atoms with Crippen LogP contribution in [0.4, 0.5) is 0 Å². The molecular weight excluding hydrogens is 304 g/mol. The molecule has 0 aromatic carbocycles. The van der Waals surface area contributed by atoms with Gasteiger partial charge in [-0.3, -0.25) is 0 Å². The summed E-state index contributed by atoms with van der Waals surface area (Å²) >= 11 is 0. The van der Waals surface area contributed by atoms with Crippen LogP contribution in [0.15, 0.2) is 0 Å². The Morgan fingerprint density at radius 3 is 1.25 bits per heavy atom. The van der Waals surface area contributed by atoms with E-state index in [9.17, 15) is 0 Å². The van der Waals surface area contributed by atoms with Gasteiger partial charge in [-0.25, -0.2) is 0 Å². The zero-order valence-corrected chi connectivity index (χ0v) is 9.85. The molecule has 0 aliphatic carbocycles. The predicted octanol–water partition coefficient (Wildman–Crippen LogP) is 1.29. The van der Waals surface area contributed by atoms with E-state index in [1.54, 1.807) is 6.92 Å². The van der Waals surface area contributed by atoms with Crippen LogP contribution in [0.3, 0.4) is 0 Å². The minimum atomic E-state index is 0. The van der Waals surface area contributed by atoms with Crippen LogP contribution in [-0.4, -0.2) is 0 Å². The Morgan fingerprint density at radius 2 is 1.25 bits per heavy atom. The average molecular weight is 312 g/mol. The summed E-state index contributed by atoms with van der Waals surface area (Å²) in [5, 5.41) is 0. The third-order valence-corrected chi connectivity index (χ3v) is 0. The van der Waals surface area contributed by atoms with E-state index in [0.717, 1.165) is 0 Å². The molecule has 0 saturated carbocycles. The van der Waals surface area contributed by atoms with Gasteiger partial charge in [0.05, 0.1) is 0 Å². The summed E-state index contributed by atoms with van der Waals surface area (Å²) in [6, 6.07) is 0. The van der Waals surface area contributed by atoms with Crippen molar-refractivity contribution < 1.29 is 0 Å². The zero-order valence-electron chi connectivity index (χ0n) is 3.41. The van der Waals surface area contributed by atoms with Crippen molar-refractivity contribution in [2.45, 2.75) is 6.92 Å². The number of hydrogen-bond donors (Lipinski definition) is 0. The Kier molecular flexibility index (Phi) is 0. The summed E-state index contributed by atoms with van der Waals surface area (Å²) in [6.45, 7) is 5.00. The van der Waals surface area contributed by atoms with Gasteiger partial charge in [-0.05, 0) is 0 Å². The van der Waals surface area contributed by atoms with E-state index in [-0.39, 0.29) is 7.43 Å². The van der Waals surface area contributed by atoms with Crippen LogP contribution >= 0.6 is 0 Å². The molecule has 0 aliphatic rings. The number of hydrogen-bond acceptors (Lipinski definition) is 0. The van der Waals surface area contributed by atoms with Gasteiger partial charge in [0.15, 0.2) is 0 Å². The van der Waals surface area contributed by atoms with Crippen molar-refractivity contribution in [1.82, 2.24) is 0 Å². The van der Waals surface area contributed by atoms with Gasteiger partial charge in [0.25, 0.3) is 0 Å². The molecule has 24 valence electrons. The molecule has 0 unspecified atom stereocenters. The molecule has 0 atom stereocenters. The fourth-order valence-electron chi connectivity index (χ4n) is 0. The molecule has 0 aliphatic heterocycles. The molecule has 0 amide bonds. The molecule has 0 bridgehead atoms. The second-order valence-corrected chi connectivity index (χ2v) is 0. The van der Waals surface area contributed by atoms with Gasteiger partial charge in [-0.15, -0.1) is 0 Å². The molecule has 0 aromatic heterocycles. The molecule has 0 N–H and O–H groups in total. The van der Waals surface area contributed by atoms with Crippen molar-refractivity contribution in [2.75, 3.05) is 0 Å². The molecule has 0 radical (unpaired) electrons. The summed E-state index contributed by atoms with van der Waals surface area (Å²) in [5.41, 5.74) is 0. The molecule has 0 nitrogen and oxygen atoms in total. The summed E-state index contributed by atoms with van der Waals surface area (Å²) in [5.74, 6) is 0. The monoisotopic (exact) mass is 312 g/mol. The first-order chi connectivity index (χ1) is 1.00. The number of rotatable bonds is 0. The van der Waals surface area contributed by atoms with Gasteiger partial charge in [-0.2, -0.15) is 6.92 Å². The van der Waals surface area contributed by atoms with Crippen LogP contribution in [0, 0.1) is 14.4 Å². The van der Waals surface area contributed by atoms with Gasteiger partial charge in [0.2, 0.25) is 0 Å². The standard InChI is InChI=1S/C2H5.CH3.Db/c1-2;;/h1H2,2H3;1H3;/q2*-1;. The molecule has 0 spiro atoms. The maximum Gasteiger partial charge on any atom is 0 e. The first-order valence-electron chi connectivity index (χ1n) is 0.707. The molecular formula is C3H8Db-2. The summed E-state index contributed by atoms with van der Waals surface area (Å²) < 4.78 is 0. The molecule has 1 heteroatoms. The van der Waals surface area contributed by atoms with Crippen molar-refractivity contribution in [3.05, 3.63) is 14.4 Å². The van der Waals surface area contributed by atoms with E-state index < -0.39 is 0 Å². The maximum atomic E-state index is 3.25. The summed E-state index contributed by atoms with van der Waals surface area (Å²) in [6.07, 6.45) is 0. The first kappa shape index (κ1) is 0. The SMILES string of the molecule is [CH2-]C.[CH3-].[Db]. The Bertz CT molecular complexity index is 3.25. The largest absolute Gasteiger partial charge is 0.358 e. The van der Waals surface area contributed by atoms with E-state index in [1.165, 1.54) is 0 Å². The summed E-state index contributed by atoms with van der Waals surface area (Å²) in [7, 11) is 0. The van der Waals surface area contributed by atoms with Crippen LogP contribution in [0.1, 0.15) is 6.92 Å². The van der Waals surface area contributed by atoms with E-state index >= 15 is 0 Å². The van der Waals surface area contributed by atoms with Crippen molar-refractivity contribution >= 4 is 0 Å². The smallest absolute Gasteiger partial charge is 0 e. The second kappa shape index (κ2) is 2.00. The van der Waals surface area contributed by atoms with Crippen LogP contribution in [0.2, 0.25) is 0 Å². The Hall–Kier alpha value is -1.00. The third-order valence-electron chi connectivity index (χ3n) is 0. The van der Waals surface area contributed by atoms with E-state index in [1.807, 2.05) is 0 Å². The summed E-state index contributed by atoms with van der Waals surface area (Å²) in [4.78, 5) is 0. The maximum absolute atomic E-state index is 3.25. The fourth-order valence-corrected chi connectivity index (χ4v) is 0. The molecule has 4 heavy (non-hydrogen) atoms. The molecule has 0 fully saturated rings. The molecule has 0 heterocycles. The van der Waals surface area contributed by atoms with Crippen LogP contribution in [-0.2, 0) is 0 Å². The second-order valence-electron chi connectivity index (χ2n) is 0. The van der Waals surface area contributed by atoms with Crippen molar-refractivity contribution in [2.24, 2.45) is 0 Å².